The van der Waals surface area contributed by atoms with E-state index in [0.29, 0.717) is 6.42 Å². The number of carbonyl (C=O) groups excluding carboxylic acids is 1. The molecule has 0 aliphatic rings. The molecule has 17 heavy (non-hydrogen) atoms. The second kappa shape index (κ2) is 6.74. The number of nitrogens with two attached hydrogens (primary N) is 1. The number of halogens is 2. The number of amides is 1. The zero-order valence-corrected chi connectivity index (χ0v) is 10.9. The number of carbonyl (C=O) groups is 1. The molecule has 0 saturated heterocycles. The van der Waals surface area contributed by atoms with Crippen LogP contribution < -0.4 is 11.1 Å². The van der Waals surface area contributed by atoms with Crippen LogP contribution in [0.2, 0.25) is 10.3 Å². The van der Waals surface area contributed by atoms with E-state index in [1.165, 1.54) is 6.33 Å². The van der Waals surface area contributed by atoms with E-state index in [4.69, 9.17) is 28.9 Å². The summed E-state index contributed by atoms with van der Waals surface area (Å²) in [5.41, 5.74) is 5.91. The van der Waals surface area contributed by atoms with Crippen LogP contribution in [0.25, 0.3) is 0 Å². The van der Waals surface area contributed by atoms with Gasteiger partial charge in [-0.15, -0.1) is 0 Å². The second-order valence-corrected chi connectivity index (χ2v) is 4.28. The van der Waals surface area contributed by atoms with E-state index in [0.717, 1.165) is 12.8 Å². The van der Waals surface area contributed by atoms with Gasteiger partial charge in [-0.2, -0.15) is 0 Å². The number of anilines is 1. The lowest BCUT2D eigenvalue weighted by Gasteiger charge is -2.12. The Balaban J connectivity index is 2.68. The molecule has 7 heteroatoms. The van der Waals surface area contributed by atoms with Gasteiger partial charge in [-0.3, -0.25) is 4.79 Å². The first-order valence-electron chi connectivity index (χ1n) is 5.28. The SMILES string of the molecule is CCCCC(N)C(=O)Nc1c(Cl)ncnc1Cl. The van der Waals surface area contributed by atoms with Gasteiger partial charge in [0.25, 0.3) is 0 Å². The second-order valence-electron chi connectivity index (χ2n) is 3.57. The molecule has 1 amide bonds. The van der Waals surface area contributed by atoms with Crippen LogP contribution in [0.1, 0.15) is 26.2 Å². The molecule has 1 atom stereocenters. The fourth-order valence-corrected chi connectivity index (χ4v) is 1.63. The van der Waals surface area contributed by atoms with Gasteiger partial charge in [0.05, 0.1) is 6.04 Å². The van der Waals surface area contributed by atoms with Gasteiger partial charge in [-0.05, 0) is 6.42 Å². The lowest BCUT2D eigenvalue weighted by Crippen LogP contribution is -2.35. The number of aromatic nitrogens is 2. The Morgan fingerprint density at radius 1 is 1.47 bits per heavy atom. The van der Waals surface area contributed by atoms with Gasteiger partial charge >= 0.3 is 0 Å². The normalized spacial score (nSPS) is 12.2. The third-order valence-corrected chi connectivity index (χ3v) is 2.78. The highest BCUT2D eigenvalue weighted by molar-refractivity contribution is 6.38. The predicted octanol–water partition coefficient (Wildman–Crippen LogP) is 2.24. The van der Waals surface area contributed by atoms with Crippen LogP contribution >= 0.6 is 23.2 Å². The van der Waals surface area contributed by atoms with Gasteiger partial charge in [0.1, 0.15) is 12.0 Å². The maximum atomic E-state index is 11.7. The van der Waals surface area contributed by atoms with E-state index in [1.54, 1.807) is 0 Å². The summed E-state index contributed by atoms with van der Waals surface area (Å²) in [6.07, 6.45) is 3.71. The summed E-state index contributed by atoms with van der Waals surface area (Å²) in [7, 11) is 0. The van der Waals surface area contributed by atoms with Crippen LogP contribution in [0, 0.1) is 0 Å². The number of unbranched alkanes of at least 4 members (excludes halogenated alkanes) is 1. The van der Waals surface area contributed by atoms with Crippen molar-refractivity contribution in [3.8, 4) is 0 Å². The van der Waals surface area contributed by atoms with Crippen molar-refractivity contribution in [2.45, 2.75) is 32.2 Å². The molecule has 0 spiro atoms. The van der Waals surface area contributed by atoms with E-state index in [-0.39, 0.29) is 21.9 Å². The van der Waals surface area contributed by atoms with Crippen molar-refractivity contribution in [1.29, 1.82) is 0 Å². The zero-order valence-electron chi connectivity index (χ0n) is 9.41. The van der Waals surface area contributed by atoms with Crippen molar-refractivity contribution in [3.05, 3.63) is 16.6 Å². The summed E-state index contributed by atoms with van der Waals surface area (Å²) in [6.45, 7) is 2.03. The number of rotatable bonds is 5. The molecular weight excluding hydrogens is 263 g/mol. The summed E-state index contributed by atoms with van der Waals surface area (Å²) in [5, 5.41) is 2.73. The Morgan fingerprint density at radius 3 is 2.59 bits per heavy atom. The lowest BCUT2D eigenvalue weighted by molar-refractivity contribution is -0.117. The van der Waals surface area contributed by atoms with Crippen molar-refractivity contribution in [2.75, 3.05) is 5.32 Å². The minimum absolute atomic E-state index is 0.0982. The predicted molar refractivity (Wildman–Crippen MR) is 68.2 cm³/mol. The highest BCUT2D eigenvalue weighted by Gasteiger charge is 2.17. The van der Waals surface area contributed by atoms with Gasteiger partial charge in [-0.25, -0.2) is 9.97 Å². The molecule has 1 rings (SSSR count). The monoisotopic (exact) mass is 276 g/mol. The van der Waals surface area contributed by atoms with E-state index in [1.807, 2.05) is 6.92 Å². The maximum Gasteiger partial charge on any atom is 0.241 e. The molecule has 0 fully saturated rings. The quantitative estimate of drug-likeness (QED) is 0.809. The average molecular weight is 277 g/mol. The van der Waals surface area contributed by atoms with Crippen molar-refractivity contribution in [1.82, 2.24) is 9.97 Å². The van der Waals surface area contributed by atoms with E-state index in [2.05, 4.69) is 15.3 Å². The molecule has 3 N–H and O–H groups in total. The first kappa shape index (κ1) is 14.2. The Morgan fingerprint density at radius 2 is 2.06 bits per heavy atom. The number of nitrogens with one attached hydrogen (secondary N) is 1. The Labute approximate surface area is 110 Å². The van der Waals surface area contributed by atoms with Gasteiger partial charge in [0.2, 0.25) is 5.91 Å². The Kier molecular flexibility index (Phi) is 5.61. The molecule has 0 aromatic carbocycles. The Hall–Kier alpha value is -0.910. The van der Waals surface area contributed by atoms with Gasteiger partial charge in [-0.1, -0.05) is 43.0 Å². The van der Waals surface area contributed by atoms with E-state index >= 15 is 0 Å². The van der Waals surface area contributed by atoms with E-state index in [9.17, 15) is 4.79 Å². The molecule has 0 aliphatic heterocycles. The van der Waals surface area contributed by atoms with Crippen molar-refractivity contribution >= 4 is 34.8 Å². The highest BCUT2D eigenvalue weighted by atomic mass is 35.5. The summed E-state index contributed by atoms with van der Waals surface area (Å²) >= 11 is 11.6. The molecule has 0 saturated carbocycles. The maximum absolute atomic E-state index is 11.7. The smallest absolute Gasteiger partial charge is 0.241 e. The molecule has 1 aromatic heterocycles. The van der Waals surface area contributed by atoms with E-state index < -0.39 is 6.04 Å². The van der Waals surface area contributed by atoms with Crippen LogP contribution in [0.5, 0.6) is 0 Å². The number of hydrogen-bond donors (Lipinski definition) is 2. The first-order valence-corrected chi connectivity index (χ1v) is 6.04. The van der Waals surface area contributed by atoms with Gasteiger partial charge < -0.3 is 11.1 Å². The summed E-state index contributed by atoms with van der Waals surface area (Å²) in [6, 6.07) is -0.581. The molecule has 0 aliphatic carbocycles. The number of hydrogen-bond acceptors (Lipinski definition) is 4. The van der Waals surface area contributed by atoms with Crippen LogP contribution in [0.15, 0.2) is 6.33 Å². The average Bonchev–Trinajstić information content (AvgIpc) is 2.30. The zero-order chi connectivity index (χ0) is 12.8. The summed E-state index contributed by atoms with van der Waals surface area (Å²) in [5.74, 6) is -0.336. The first-order chi connectivity index (χ1) is 8.06. The summed E-state index contributed by atoms with van der Waals surface area (Å²) in [4.78, 5) is 19.2. The molecule has 1 aromatic rings. The van der Waals surface area contributed by atoms with Crippen molar-refractivity contribution in [3.63, 3.8) is 0 Å². The fourth-order valence-electron chi connectivity index (χ4n) is 1.22. The fraction of sp³-hybridized carbons (Fsp3) is 0.500. The van der Waals surface area contributed by atoms with Crippen LogP contribution in [-0.2, 0) is 4.79 Å². The van der Waals surface area contributed by atoms with Crippen molar-refractivity contribution in [2.24, 2.45) is 5.73 Å². The minimum atomic E-state index is -0.581. The highest BCUT2D eigenvalue weighted by Crippen LogP contribution is 2.25. The summed E-state index contributed by atoms with van der Waals surface area (Å²) < 4.78 is 0. The lowest BCUT2D eigenvalue weighted by atomic mass is 10.1. The molecule has 0 bridgehead atoms. The molecule has 94 valence electrons. The third kappa shape index (κ3) is 4.11. The molecule has 5 nitrogen and oxygen atoms in total. The van der Waals surface area contributed by atoms with Crippen LogP contribution in [-0.4, -0.2) is 21.9 Å². The Bertz CT molecular complexity index is 380. The minimum Gasteiger partial charge on any atom is -0.320 e. The number of nitrogens with zero attached hydrogens (tertiary/aromatic N) is 2. The third-order valence-electron chi connectivity index (χ3n) is 2.21. The molecule has 1 unspecified atom stereocenters. The topological polar surface area (TPSA) is 80.9 Å². The molecular formula is C10H14Cl2N4O. The van der Waals surface area contributed by atoms with Gasteiger partial charge in [0, 0.05) is 0 Å². The molecule has 0 radical (unpaired) electrons. The standard InChI is InChI=1S/C10H14Cl2N4O/c1-2-3-4-6(13)10(17)16-7-8(11)14-5-15-9(7)12/h5-6H,2-4,13H2,1H3,(H,16,17). The molecule has 1 heterocycles. The van der Waals surface area contributed by atoms with Gasteiger partial charge in [0.15, 0.2) is 10.3 Å². The van der Waals surface area contributed by atoms with Crippen LogP contribution in [0.3, 0.4) is 0 Å². The van der Waals surface area contributed by atoms with Crippen LogP contribution in [0.4, 0.5) is 5.69 Å². The van der Waals surface area contributed by atoms with Crippen molar-refractivity contribution < 1.29 is 4.79 Å². The largest absolute Gasteiger partial charge is 0.320 e.